The number of likely N-dealkylation sites (tertiary alicyclic amines) is 1. The molecule has 0 radical (unpaired) electrons. The molecule has 4 rings (SSSR count). The quantitative estimate of drug-likeness (QED) is 0.835. The molecule has 0 saturated carbocycles. The molecule has 2 amide bonds. The molecule has 1 aromatic carbocycles. The first-order valence-corrected chi connectivity index (χ1v) is 8.60. The highest BCUT2D eigenvalue weighted by Gasteiger charge is 2.48. The molecule has 2 aliphatic rings. The Morgan fingerprint density at radius 3 is 2.54 bits per heavy atom. The Kier molecular flexibility index (Phi) is 3.92. The van der Waals surface area contributed by atoms with Crippen molar-refractivity contribution in [2.75, 3.05) is 24.5 Å². The highest BCUT2D eigenvalue weighted by atomic mass is 16.2. The number of amides is 2. The van der Waals surface area contributed by atoms with E-state index in [0.717, 1.165) is 12.1 Å². The molecular weight excluding hydrogens is 328 g/mol. The van der Waals surface area contributed by atoms with E-state index in [1.54, 1.807) is 41.6 Å². The molecule has 6 nitrogen and oxygen atoms in total. The maximum absolute atomic E-state index is 12.7. The van der Waals surface area contributed by atoms with Gasteiger partial charge in [0.25, 0.3) is 5.91 Å². The van der Waals surface area contributed by atoms with Crippen molar-refractivity contribution in [3.05, 3.63) is 59.9 Å². The summed E-state index contributed by atoms with van der Waals surface area (Å²) in [5, 5.41) is 8.92. The van der Waals surface area contributed by atoms with Gasteiger partial charge in [-0.05, 0) is 42.8 Å². The summed E-state index contributed by atoms with van der Waals surface area (Å²) in [6, 6.07) is 12.6. The van der Waals surface area contributed by atoms with Crippen LogP contribution in [-0.2, 0) is 4.79 Å². The molecule has 0 aliphatic carbocycles. The highest BCUT2D eigenvalue weighted by Crippen LogP contribution is 2.42. The Labute approximate surface area is 151 Å². The average Bonchev–Trinajstić information content (AvgIpc) is 3.25. The van der Waals surface area contributed by atoms with Crippen molar-refractivity contribution < 1.29 is 9.59 Å². The van der Waals surface area contributed by atoms with Gasteiger partial charge in [-0.15, -0.1) is 0 Å². The highest BCUT2D eigenvalue weighted by molar-refractivity contribution is 5.97. The summed E-state index contributed by atoms with van der Waals surface area (Å²) in [5.41, 5.74) is 1.83. The van der Waals surface area contributed by atoms with E-state index in [1.807, 2.05) is 17.0 Å². The number of anilines is 1. The lowest BCUT2D eigenvalue weighted by Crippen LogP contribution is -2.34. The molecule has 0 bridgehead atoms. The summed E-state index contributed by atoms with van der Waals surface area (Å²) < 4.78 is 0. The lowest BCUT2D eigenvalue weighted by atomic mass is 9.86. The monoisotopic (exact) mass is 346 g/mol. The lowest BCUT2D eigenvalue weighted by molar-refractivity contribution is -0.117. The molecule has 1 aromatic heterocycles. The molecular formula is C20H18N4O2. The van der Waals surface area contributed by atoms with E-state index in [0.29, 0.717) is 37.2 Å². The predicted molar refractivity (Wildman–Crippen MR) is 95.3 cm³/mol. The number of rotatable bonds is 2. The third-order valence-corrected chi connectivity index (χ3v) is 5.28. The van der Waals surface area contributed by atoms with Crippen molar-refractivity contribution in [1.29, 1.82) is 5.26 Å². The molecule has 130 valence electrons. The maximum Gasteiger partial charge on any atom is 0.253 e. The molecule has 2 fully saturated rings. The molecule has 0 N–H and O–H groups in total. The van der Waals surface area contributed by atoms with Crippen LogP contribution in [0.25, 0.3) is 0 Å². The third-order valence-electron chi connectivity index (χ3n) is 5.28. The van der Waals surface area contributed by atoms with Gasteiger partial charge in [0.05, 0.1) is 11.6 Å². The van der Waals surface area contributed by atoms with Gasteiger partial charge < -0.3 is 9.80 Å². The van der Waals surface area contributed by atoms with E-state index in [2.05, 4.69) is 11.1 Å². The van der Waals surface area contributed by atoms with E-state index in [9.17, 15) is 9.59 Å². The SMILES string of the molecule is N#Cc1ccc(N2C[C@@]3(CCN(C(=O)c4ccncc4)C3)CC2=O)cc1. The number of carbonyl (C=O) groups is 2. The van der Waals surface area contributed by atoms with E-state index in [-0.39, 0.29) is 17.2 Å². The van der Waals surface area contributed by atoms with Crippen molar-refractivity contribution >= 4 is 17.5 Å². The van der Waals surface area contributed by atoms with Gasteiger partial charge >= 0.3 is 0 Å². The minimum Gasteiger partial charge on any atom is -0.338 e. The topological polar surface area (TPSA) is 77.3 Å². The number of benzene rings is 1. The van der Waals surface area contributed by atoms with Crippen LogP contribution in [0.5, 0.6) is 0 Å². The smallest absolute Gasteiger partial charge is 0.253 e. The van der Waals surface area contributed by atoms with E-state index in [4.69, 9.17) is 5.26 Å². The lowest BCUT2D eigenvalue weighted by Gasteiger charge is -2.24. The second kappa shape index (κ2) is 6.26. The number of nitrogens with zero attached hydrogens (tertiary/aromatic N) is 4. The first-order chi connectivity index (χ1) is 12.6. The maximum atomic E-state index is 12.7. The van der Waals surface area contributed by atoms with Crippen LogP contribution in [0.2, 0.25) is 0 Å². The first kappa shape index (κ1) is 16.3. The van der Waals surface area contributed by atoms with Gasteiger partial charge in [0.15, 0.2) is 0 Å². The molecule has 6 heteroatoms. The Morgan fingerprint density at radius 1 is 1.12 bits per heavy atom. The Balaban J connectivity index is 1.49. The van der Waals surface area contributed by atoms with Crippen molar-refractivity contribution in [3.8, 4) is 6.07 Å². The summed E-state index contributed by atoms with van der Waals surface area (Å²) in [6.07, 6.45) is 4.51. The first-order valence-electron chi connectivity index (χ1n) is 8.60. The van der Waals surface area contributed by atoms with Crippen LogP contribution >= 0.6 is 0 Å². The Hall–Kier alpha value is -3.20. The molecule has 0 unspecified atom stereocenters. The summed E-state index contributed by atoms with van der Waals surface area (Å²) in [7, 11) is 0. The fourth-order valence-corrected chi connectivity index (χ4v) is 3.91. The van der Waals surface area contributed by atoms with Gasteiger partial charge in [-0.2, -0.15) is 5.26 Å². The van der Waals surface area contributed by atoms with Gasteiger partial charge in [-0.25, -0.2) is 0 Å². The molecule has 26 heavy (non-hydrogen) atoms. The largest absolute Gasteiger partial charge is 0.338 e. The normalized spacial score (nSPS) is 22.0. The van der Waals surface area contributed by atoms with Crippen LogP contribution in [0.3, 0.4) is 0 Å². The number of aromatic nitrogens is 1. The number of nitriles is 1. The Morgan fingerprint density at radius 2 is 1.85 bits per heavy atom. The fourth-order valence-electron chi connectivity index (χ4n) is 3.91. The van der Waals surface area contributed by atoms with Crippen LogP contribution in [0, 0.1) is 16.7 Å². The van der Waals surface area contributed by atoms with Crippen molar-refractivity contribution in [2.45, 2.75) is 12.8 Å². The molecule has 2 aliphatic heterocycles. The minimum absolute atomic E-state index is 0.00597. The second-order valence-electron chi connectivity index (χ2n) is 7.03. The zero-order chi connectivity index (χ0) is 18.1. The molecule has 2 aromatic rings. The number of hydrogen-bond acceptors (Lipinski definition) is 4. The molecule has 1 spiro atoms. The fraction of sp³-hybridized carbons (Fsp3) is 0.300. The standard InChI is InChI=1S/C20H18N4O2/c21-12-15-1-3-17(4-2-15)24-14-20(11-18(24)25)7-10-23(13-20)19(26)16-5-8-22-9-6-16/h1-6,8-9H,7,10-11,13-14H2/t20-/m0/s1. The molecule has 2 saturated heterocycles. The van der Waals surface area contributed by atoms with Gasteiger partial charge in [0, 0.05) is 55.1 Å². The van der Waals surface area contributed by atoms with Gasteiger partial charge in [0.1, 0.15) is 0 Å². The summed E-state index contributed by atoms with van der Waals surface area (Å²) in [5.74, 6) is 0.0708. The van der Waals surface area contributed by atoms with Crippen LogP contribution in [0.1, 0.15) is 28.8 Å². The second-order valence-corrected chi connectivity index (χ2v) is 7.03. The summed E-state index contributed by atoms with van der Waals surface area (Å²) in [4.78, 5) is 32.8. The predicted octanol–water partition coefficient (Wildman–Crippen LogP) is 2.22. The van der Waals surface area contributed by atoms with Crippen LogP contribution < -0.4 is 4.90 Å². The molecule has 3 heterocycles. The van der Waals surface area contributed by atoms with Crippen molar-refractivity contribution in [3.63, 3.8) is 0 Å². The zero-order valence-electron chi connectivity index (χ0n) is 14.3. The van der Waals surface area contributed by atoms with Crippen LogP contribution in [-0.4, -0.2) is 41.3 Å². The number of pyridine rings is 1. The average molecular weight is 346 g/mol. The van der Waals surface area contributed by atoms with Gasteiger partial charge in [0.2, 0.25) is 5.91 Å². The van der Waals surface area contributed by atoms with Crippen LogP contribution in [0.4, 0.5) is 5.69 Å². The number of hydrogen-bond donors (Lipinski definition) is 0. The third kappa shape index (κ3) is 2.82. The summed E-state index contributed by atoms with van der Waals surface area (Å²) >= 11 is 0. The Bertz CT molecular complexity index is 888. The van der Waals surface area contributed by atoms with Crippen LogP contribution in [0.15, 0.2) is 48.8 Å². The van der Waals surface area contributed by atoms with Gasteiger partial charge in [-0.1, -0.05) is 0 Å². The van der Waals surface area contributed by atoms with E-state index < -0.39 is 0 Å². The van der Waals surface area contributed by atoms with Gasteiger partial charge in [-0.3, -0.25) is 14.6 Å². The minimum atomic E-state index is -0.187. The van der Waals surface area contributed by atoms with Crippen molar-refractivity contribution in [1.82, 2.24) is 9.88 Å². The van der Waals surface area contributed by atoms with E-state index in [1.165, 1.54) is 0 Å². The summed E-state index contributed by atoms with van der Waals surface area (Å²) in [6.45, 7) is 1.86. The van der Waals surface area contributed by atoms with Crippen molar-refractivity contribution in [2.24, 2.45) is 5.41 Å². The molecule has 1 atom stereocenters. The zero-order valence-corrected chi connectivity index (χ0v) is 14.3. The number of carbonyl (C=O) groups excluding carboxylic acids is 2. The van der Waals surface area contributed by atoms with E-state index >= 15 is 0 Å².